The Hall–Kier alpha value is -1.56. The lowest BCUT2D eigenvalue weighted by atomic mass is 9.93. The van der Waals surface area contributed by atoms with Gasteiger partial charge in [0.15, 0.2) is 5.69 Å². The van der Waals surface area contributed by atoms with Crippen LogP contribution in [0.2, 0.25) is 0 Å². The molecule has 0 unspecified atom stereocenters. The third-order valence-corrected chi connectivity index (χ3v) is 3.21. The quantitative estimate of drug-likeness (QED) is 0.873. The Balaban J connectivity index is 1.93. The van der Waals surface area contributed by atoms with Crippen LogP contribution in [0, 0.1) is 5.41 Å². The van der Waals surface area contributed by atoms with E-state index in [0.717, 1.165) is 19.5 Å². The largest absolute Gasteiger partial charge is 0.478 e. The molecule has 0 aromatic carbocycles. The molecular formula is C14H24N4O2. The van der Waals surface area contributed by atoms with Gasteiger partial charge in [0.25, 0.3) is 5.91 Å². The first-order chi connectivity index (χ1) is 9.37. The van der Waals surface area contributed by atoms with Crippen molar-refractivity contribution in [2.75, 3.05) is 33.8 Å². The van der Waals surface area contributed by atoms with Gasteiger partial charge in [-0.3, -0.25) is 4.79 Å². The van der Waals surface area contributed by atoms with Gasteiger partial charge in [0, 0.05) is 32.1 Å². The zero-order valence-electron chi connectivity index (χ0n) is 12.8. The van der Waals surface area contributed by atoms with Gasteiger partial charge in [-0.05, 0) is 19.5 Å². The van der Waals surface area contributed by atoms with Crippen LogP contribution in [0.3, 0.4) is 0 Å². The Morgan fingerprint density at radius 2 is 2.30 bits per heavy atom. The fraction of sp³-hybridized carbons (Fsp3) is 0.714. The highest BCUT2D eigenvalue weighted by Crippen LogP contribution is 2.19. The van der Waals surface area contributed by atoms with Crippen molar-refractivity contribution in [2.45, 2.75) is 26.8 Å². The van der Waals surface area contributed by atoms with Crippen LogP contribution in [0.25, 0.3) is 0 Å². The second-order valence-electron chi connectivity index (χ2n) is 6.38. The lowest BCUT2D eigenvalue weighted by molar-refractivity contribution is 0.0923. The zero-order valence-corrected chi connectivity index (χ0v) is 12.8. The number of hydrogen-bond acceptors (Lipinski definition) is 4. The first-order valence-corrected chi connectivity index (χ1v) is 7.01. The molecule has 1 N–H and O–H groups in total. The summed E-state index contributed by atoms with van der Waals surface area (Å²) in [6.07, 6.45) is 0.936. The summed E-state index contributed by atoms with van der Waals surface area (Å²) in [6, 6.07) is 1.72. The van der Waals surface area contributed by atoms with E-state index in [1.54, 1.807) is 10.7 Å². The number of carbonyl (C=O) groups is 1. The molecule has 0 atom stereocenters. The van der Waals surface area contributed by atoms with Gasteiger partial charge in [-0.25, -0.2) is 4.68 Å². The van der Waals surface area contributed by atoms with Gasteiger partial charge in [-0.15, -0.1) is 0 Å². The molecule has 1 aliphatic heterocycles. The maximum Gasteiger partial charge on any atom is 0.271 e. The minimum absolute atomic E-state index is 0.0228. The number of fused-ring (bicyclic) bond motifs is 1. The monoisotopic (exact) mass is 280 g/mol. The summed E-state index contributed by atoms with van der Waals surface area (Å²) in [4.78, 5) is 14.3. The van der Waals surface area contributed by atoms with Gasteiger partial charge in [0.05, 0.1) is 6.61 Å². The highest BCUT2D eigenvalue weighted by Gasteiger charge is 2.22. The predicted octanol–water partition coefficient (Wildman–Crippen LogP) is 0.983. The third kappa shape index (κ3) is 3.72. The summed E-state index contributed by atoms with van der Waals surface area (Å²) >= 11 is 0. The first kappa shape index (κ1) is 14.8. The van der Waals surface area contributed by atoms with Crippen molar-refractivity contribution in [1.29, 1.82) is 0 Å². The average molecular weight is 280 g/mol. The topological polar surface area (TPSA) is 59.4 Å². The van der Waals surface area contributed by atoms with Gasteiger partial charge in [-0.2, -0.15) is 5.10 Å². The van der Waals surface area contributed by atoms with Crippen molar-refractivity contribution in [3.05, 3.63) is 11.8 Å². The summed E-state index contributed by atoms with van der Waals surface area (Å²) in [7, 11) is 4.06. The minimum atomic E-state index is -0.137. The van der Waals surface area contributed by atoms with Crippen LogP contribution in [0.1, 0.15) is 30.8 Å². The maximum atomic E-state index is 12.1. The molecule has 0 bridgehead atoms. The van der Waals surface area contributed by atoms with Gasteiger partial charge in [0.2, 0.25) is 5.88 Å². The van der Waals surface area contributed by atoms with E-state index in [4.69, 9.17) is 4.74 Å². The highest BCUT2D eigenvalue weighted by molar-refractivity contribution is 5.92. The van der Waals surface area contributed by atoms with Crippen LogP contribution >= 0.6 is 0 Å². The molecule has 0 aliphatic carbocycles. The summed E-state index contributed by atoms with van der Waals surface area (Å²) < 4.78 is 7.22. The summed E-state index contributed by atoms with van der Waals surface area (Å²) in [6.45, 7) is 7.31. The molecule has 0 saturated heterocycles. The van der Waals surface area contributed by atoms with Crippen LogP contribution < -0.4 is 10.1 Å². The fourth-order valence-corrected chi connectivity index (χ4v) is 2.50. The van der Waals surface area contributed by atoms with E-state index in [9.17, 15) is 4.79 Å². The Bertz CT molecular complexity index is 456. The minimum Gasteiger partial charge on any atom is -0.478 e. The van der Waals surface area contributed by atoms with Crippen molar-refractivity contribution in [1.82, 2.24) is 20.0 Å². The highest BCUT2D eigenvalue weighted by atomic mass is 16.5. The number of nitrogens with zero attached hydrogens (tertiary/aromatic N) is 3. The molecule has 1 aliphatic rings. The van der Waals surface area contributed by atoms with E-state index in [0.29, 0.717) is 24.7 Å². The van der Waals surface area contributed by atoms with E-state index in [2.05, 4.69) is 29.2 Å². The van der Waals surface area contributed by atoms with Gasteiger partial charge >= 0.3 is 0 Å². The SMILES string of the molecule is CN(C)CC(C)(C)CNC(=O)c1cc2n(n1)CCCO2. The predicted molar refractivity (Wildman–Crippen MR) is 77.0 cm³/mol. The lowest BCUT2D eigenvalue weighted by Gasteiger charge is -2.28. The average Bonchev–Trinajstić information content (AvgIpc) is 2.78. The maximum absolute atomic E-state index is 12.1. The fourth-order valence-electron chi connectivity index (χ4n) is 2.50. The zero-order chi connectivity index (χ0) is 14.8. The molecule has 2 heterocycles. The van der Waals surface area contributed by atoms with Crippen molar-refractivity contribution in [3.8, 4) is 5.88 Å². The number of hydrogen-bond donors (Lipinski definition) is 1. The number of aromatic nitrogens is 2. The van der Waals surface area contributed by atoms with E-state index in [1.807, 2.05) is 14.1 Å². The molecule has 6 heteroatoms. The van der Waals surface area contributed by atoms with Crippen LogP contribution in [0.5, 0.6) is 5.88 Å². The molecule has 0 fully saturated rings. The van der Waals surface area contributed by atoms with Crippen LogP contribution in [0.15, 0.2) is 6.07 Å². The second-order valence-corrected chi connectivity index (χ2v) is 6.38. The van der Waals surface area contributed by atoms with E-state index >= 15 is 0 Å². The molecule has 2 rings (SSSR count). The molecule has 1 amide bonds. The van der Waals surface area contributed by atoms with Gasteiger partial charge in [-0.1, -0.05) is 13.8 Å². The Kier molecular flexibility index (Phi) is 4.32. The smallest absolute Gasteiger partial charge is 0.271 e. The second kappa shape index (κ2) is 5.83. The Morgan fingerprint density at radius 1 is 1.55 bits per heavy atom. The number of amides is 1. The van der Waals surface area contributed by atoms with Crippen molar-refractivity contribution in [2.24, 2.45) is 5.41 Å². The summed E-state index contributed by atoms with van der Waals surface area (Å²) in [5, 5.41) is 7.24. The molecule has 0 spiro atoms. The standard InChI is InChI=1S/C14H24N4O2/c1-14(2,10-17(3)4)9-15-13(19)11-8-12-18(16-11)6-5-7-20-12/h8H,5-7,9-10H2,1-4H3,(H,15,19). The number of aryl methyl sites for hydroxylation is 1. The van der Waals surface area contributed by atoms with Crippen molar-refractivity contribution >= 4 is 5.91 Å². The van der Waals surface area contributed by atoms with E-state index in [-0.39, 0.29) is 11.3 Å². The van der Waals surface area contributed by atoms with Crippen molar-refractivity contribution < 1.29 is 9.53 Å². The number of carbonyl (C=O) groups excluding carboxylic acids is 1. The molecule has 112 valence electrons. The Labute approximate surface area is 120 Å². The van der Waals surface area contributed by atoms with Gasteiger partial charge < -0.3 is 15.0 Å². The molecule has 1 aromatic heterocycles. The first-order valence-electron chi connectivity index (χ1n) is 7.01. The molecule has 6 nitrogen and oxygen atoms in total. The summed E-state index contributed by atoms with van der Waals surface area (Å²) in [5.74, 6) is 0.552. The van der Waals surface area contributed by atoms with Crippen LogP contribution in [-0.2, 0) is 6.54 Å². The third-order valence-electron chi connectivity index (χ3n) is 3.21. The molecular weight excluding hydrogens is 256 g/mol. The Morgan fingerprint density at radius 3 is 2.95 bits per heavy atom. The van der Waals surface area contributed by atoms with E-state index in [1.165, 1.54) is 0 Å². The molecule has 20 heavy (non-hydrogen) atoms. The normalized spacial score (nSPS) is 14.8. The van der Waals surface area contributed by atoms with Crippen LogP contribution in [-0.4, -0.2) is 54.4 Å². The molecule has 1 aromatic rings. The van der Waals surface area contributed by atoms with Gasteiger partial charge in [0.1, 0.15) is 0 Å². The van der Waals surface area contributed by atoms with Crippen molar-refractivity contribution in [3.63, 3.8) is 0 Å². The number of ether oxygens (including phenoxy) is 1. The number of nitrogens with one attached hydrogen (secondary N) is 1. The number of rotatable bonds is 5. The van der Waals surface area contributed by atoms with Crippen LogP contribution in [0.4, 0.5) is 0 Å². The molecule has 0 saturated carbocycles. The summed E-state index contributed by atoms with van der Waals surface area (Å²) in [5.41, 5.74) is 0.456. The lowest BCUT2D eigenvalue weighted by Crippen LogP contribution is -2.40. The van der Waals surface area contributed by atoms with E-state index < -0.39 is 0 Å². The molecule has 0 radical (unpaired) electrons.